The van der Waals surface area contributed by atoms with E-state index in [1.54, 1.807) is 18.2 Å². The van der Waals surface area contributed by atoms with E-state index in [2.05, 4.69) is 0 Å². The summed E-state index contributed by atoms with van der Waals surface area (Å²) in [6.07, 6.45) is 0.469. The van der Waals surface area contributed by atoms with E-state index < -0.39 is 17.3 Å². The molecule has 0 aliphatic heterocycles. The van der Waals surface area contributed by atoms with E-state index >= 15 is 0 Å². The van der Waals surface area contributed by atoms with Crippen LogP contribution < -0.4 is 4.74 Å². The normalized spacial score (nSPS) is 12.6. The highest BCUT2D eigenvalue weighted by atomic mass is 16.5. The predicted octanol–water partition coefficient (Wildman–Crippen LogP) is 1.99. The number of aromatic hydroxyl groups is 1. The second-order valence-electron chi connectivity index (χ2n) is 4.59. The van der Waals surface area contributed by atoms with Crippen molar-refractivity contribution in [1.82, 2.24) is 0 Å². The minimum absolute atomic E-state index is 0.0131. The van der Waals surface area contributed by atoms with E-state index in [1.807, 2.05) is 0 Å². The molecule has 0 heterocycles. The number of methoxy groups -OCH3 is 1. The van der Waals surface area contributed by atoms with Gasteiger partial charge in [0.25, 0.3) is 0 Å². The van der Waals surface area contributed by atoms with Gasteiger partial charge in [-0.2, -0.15) is 0 Å². The molecule has 0 spiro atoms. The first-order valence-electron chi connectivity index (χ1n) is 6.17. The minimum atomic E-state index is -0.482. The van der Waals surface area contributed by atoms with Crippen LogP contribution in [0.3, 0.4) is 0 Å². The van der Waals surface area contributed by atoms with Crippen molar-refractivity contribution in [1.29, 1.82) is 0 Å². The van der Waals surface area contributed by atoms with Crippen LogP contribution in [0.1, 0.15) is 42.2 Å². The molecule has 0 atom stereocenters. The van der Waals surface area contributed by atoms with Crippen LogP contribution in [-0.4, -0.2) is 30.1 Å². The van der Waals surface area contributed by atoms with Crippen LogP contribution in [0.5, 0.6) is 11.5 Å². The van der Waals surface area contributed by atoms with Crippen LogP contribution >= 0.6 is 0 Å². The molecule has 0 unspecified atom stereocenters. The highest BCUT2D eigenvalue weighted by Gasteiger charge is 2.34. The molecule has 3 rings (SSSR count). The van der Waals surface area contributed by atoms with E-state index in [4.69, 9.17) is 4.74 Å². The van der Waals surface area contributed by atoms with Crippen LogP contribution in [0.15, 0.2) is 30.3 Å². The van der Waals surface area contributed by atoms with Gasteiger partial charge >= 0.3 is 0 Å². The molecule has 1 aliphatic rings. The van der Waals surface area contributed by atoms with Gasteiger partial charge in [-0.05, 0) is 6.07 Å². The number of carbonyl (C=O) groups excluding carboxylic acids is 3. The monoisotopic (exact) mass is 282 g/mol. The smallest absolute Gasteiger partial charge is 0.198 e. The topological polar surface area (TPSA) is 80.7 Å². The second kappa shape index (κ2) is 4.56. The maximum absolute atomic E-state index is 12.5. The van der Waals surface area contributed by atoms with Crippen molar-refractivity contribution in [2.75, 3.05) is 7.11 Å². The van der Waals surface area contributed by atoms with Gasteiger partial charge in [-0.1, -0.05) is 24.3 Å². The summed E-state index contributed by atoms with van der Waals surface area (Å²) in [7, 11) is 1.28. The predicted molar refractivity (Wildman–Crippen MR) is 73.4 cm³/mol. The Hall–Kier alpha value is -2.95. The average molecular weight is 282 g/mol. The first-order chi connectivity index (χ1) is 10.1. The van der Waals surface area contributed by atoms with Gasteiger partial charge in [0.05, 0.1) is 18.2 Å². The lowest BCUT2D eigenvalue weighted by Gasteiger charge is -2.20. The number of ether oxygens (including phenoxy) is 1. The third kappa shape index (κ3) is 1.67. The number of benzene rings is 2. The summed E-state index contributed by atoms with van der Waals surface area (Å²) in [4.78, 5) is 36.0. The summed E-state index contributed by atoms with van der Waals surface area (Å²) in [5, 5.41) is 10.2. The zero-order valence-electron chi connectivity index (χ0n) is 11.0. The molecule has 0 fully saturated rings. The fourth-order valence-electron chi connectivity index (χ4n) is 2.54. The van der Waals surface area contributed by atoms with E-state index in [0.29, 0.717) is 6.29 Å². The maximum atomic E-state index is 12.5. The van der Waals surface area contributed by atoms with Gasteiger partial charge in [0.15, 0.2) is 29.4 Å². The van der Waals surface area contributed by atoms with Crippen molar-refractivity contribution in [2.45, 2.75) is 0 Å². The number of hydrogen-bond donors (Lipinski definition) is 1. The van der Waals surface area contributed by atoms with Crippen molar-refractivity contribution < 1.29 is 24.2 Å². The number of rotatable bonds is 2. The Morgan fingerprint density at radius 1 is 1.05 bits per heavy atom. The summed E-state index contributed by atoms with van der Waals surface area (Å²) in [6.45, 7) is 0. The van der Waals surface area contributed by atoms with Gasteiger partial charge < -0.3 is 9.84 Å². The molecular formula is C16H10O5. The first kappa shape index (κ1) is 13.1. The first-order valence-corrected chi connectivity index (χ1v) is 6.17. The zero-order chi connectivity index (χ0) is 15.1. The third-order valence-electron chi connectivity index (χ3n) is 3.50. The van der Waals surface area contributed by atoms with Crippen molar-refractivity contribution in [2.24, 2.45) is 0 Å². The Morgan fingerprint density at radius 3 is 2.24 bits per heavy atom. The SMILES string of the molecule is COc1c(C=O)cc2c(c1O)C(=O)c1ccccc1C2=O. The molecular weight excluding hydrogens is 272 g/mol. The summed E-state index contributed by atoms with van der Waals surface area (Å²) in [5.74, 6) is -1.45. The summed E-state index contributed by atoms with van der Waals surface area (Å²) in [5.41, 5.74) is 0.400. The maximum Gasteiger partial charge on any atom is 0.198 e. The van der Waals surface area contributed by atoms with E-state index in [9.17, 15) is 19.5 Å². The molecule has 0 radical (unpaired) electrons. The van der Waals surface area contributed by atoms with Gasteiger partial charge in [-0.25, -0.2) is 0 Å². The molecule has 0 aromatic heterocycles. The molecule has 1 N–H and O–H groups in total. The average Bonchev–Trinajstić information content (AvgIpc) is 2.51. The van der Waals surface area contributed by atoms with Gasteiger partial charge in [0.1, 0.15) is 0 Å². The van der Waals surface area contributed by atoms with Crippen LogP contribution in [-0.2, 0) is 0 Å². The van der Waals surface area contributed by atoms with Gasteiger partial charge in [0, 0.05) is 16.7 Å². The Kier molecular flexibility index (Phi) is 2.83. The number of phenols is 1. The summed E-state index contributed by atoms with van der Waals surface area (Å²) in [6, 6.07) is 7.64. The fourth-order valence-corrected chi connectivity index (χ4v) is 2.54. The van der Waals surface area contributed by atoms with Gasteiger partial charge in [-0.15, -0.1) is 0 Å². The highest BCUT2D eigenvalue weighted by molar-refractivity contribution is 6.29. The van der Waals surface area contributed by atoms with Crippen LogP contribution in [0.2, 0.25) is 0 Å². The number of fused-ring (bicyclic) bond motifs is 2. The second-order valence-corrected chi connectivity index (χ2v) is 4.59. The third-order valence-corrected chi connectivity index (χ3v) is 3.50. The number of carbonyl (C=O) groups is 3. The summed E-state index contributed by atoms with van der Waals surface area (Å²) >= 11 is 0. The lowest BCUT2D eigenvalue weighted by molar-refractivity contribution is 0.0975. The summed E-state index contributed by atoms with van der Waals surface area (Å²) < 4.78 is 4.96. The Morgan fingerprint density at radius 2 is 1.67 bits per heavy atom. The fraction of sp³-hybridized carbons (Fsp3) is 0.0625. The van der Waals surface area contributed by atoms with Gasteiger partial charge in [0.2, 0.25) is 0 Å². The van der Waals surface area contributed by atoms with E-state index in [1.165, 1.54) is 19.2 Å². The van der Waals surface area contributed by atoms with Crippen molar-refractivity contribution in [3.05, 3.63) is 58.1 Å². The van der Waals surface area contributed by atoms with Crippen molar-refractivity contribution in [3.63, 3.8) is 0 Å². The molecule has 1 aliphatic carbocycles. The van der Waals surface area contributed by atoms with E-state index in [0.717, 1.165) is 0 Å². The van der Waals surface area contributed by atoms with Crippen molar-refractivity contribution in [3.8, 4) is 11.5 Å². The highest BCUT2D eigenvalue weighted by Crippen LogP contribution is 2.40. The molecule has 2 aromatic rings. The number of aldehydes is 1. The van der Waals surface area contributed by atoms with Crippen LogP contribution in [0.25, 0.3) is 0 Å². The lowest BCUT2D eigenvalue weighted by Crippen LogP contribution is -2.21. The number of ketones is 2. The molecule has 21 heavy (non-hydrogen) atoms. The number of phenolic OH excluding ortho intramolecular Hbond substituents is 1. The molecule has 5 nitrogen and oxygen atoms in total. The van der Waals surface area contributed by atoms with E-state index in [-0.39, 0.29) is 33.6 Å². The zero-order valence-corrected chi connectivity index (χ0v) is 11.0. The molecule has 0 amide bonds. The van der Waals surface area contributed by atoms with Crippen LogP contribution in [0, 0.1) is 0 Å². The minimum Gasteiger partial charge on any atom is -0.504 e. The van der Waals surface area contributed by atoms with Crippen molar-refractivity contribution >= 4 is 17.9 Å². The number of hydrogen-bond acceptors (Lipinski definition) is 5. The molecule has 0 bridgehead atoms. The van der Waals surface area contributed by atoms with Gasteiger partial charge in [-0.3, -0.25) is 14.4 Å². The largest absolute Gasteiger partial charge is 0.504 e. The van der Waals surface area contributed by atoms with Crippen LogP contribution in [0.4, 0.5) is 0 Å². The Bertz CT molecular complexity index is 805. The lowest BCUT2D eigenvalue weighted by atomic mass is 9.82. The standard InChI is InChI=1S/C16H10O5/c1-21-16-8(7-17)6-11-12(15(16)20)14(19)10-5-3-2-4-9(10)13(11)18/h2-7,20H,1H3. The quantitative estimate of drug-likeness (QED) is 0.727. The molecule has 2 aromatic carbocycles. The Balaban J connectivity index is 2.38. The molecule has 0 saturated carbocycles. The Labute approximate surface area is 119 Å². The molecule has 5 heteroatoms. The molecule has 104 valence electrons. The molecule has 0 saturated heterocycles.